The summed E-state index contributed by atoms with van der Waals surface area (Å²) in [6, 6.07) is 21.0. The smallest absolute Gasteiger partial charge is 0.137 e. The second kappa shape index (κ2) is 10.2. The number of fused-ring (bicyclic) bond motifs is 1. The van der Waals surface area contributed by atoms with Gasteiger partial charge in [0.05, 0.1) is 24.3 Å². The first-order valence-corrected chi connectivity index (χ1v) is 13.2. The van der Waals surface area contributed by atoms with E-state index < -0.39 is 0 Å². The third-order valence-electron chi connectivity index (χ3n) is 6.81. The van der Waals surface area contributed by atoms with Gasteiger partial charge in [-0.1, -0.05) is 36.2 Å². The third-order valence-corrected chi connectivity index (χ3v) is 7.95. The Kier molecular flexibility index (Phi) is 6.82. The molecule has 2 aromatic heterocycles. The molecule has 0 amide bonds. The summed E-state index contributed by atoms with van der Waals surface area (Å²) in [5.74, 6) is 1.77. The van der Waals surface area contributed by atoms with Gasteiger partial charge in [0.25, 0.3) is 0 Å². The normalized spacial score (nSPS) is 18.2. The van der Waals surface area contributed by atoms with E-state index in [4.69, 9.17) is 20.0 Å². The zero-order valence-corrected chi connectivity index (χ0v) is 21.8. The lowest BCUT2D eigenvalue weighted by Crippen LogP contribution is -2.54. The van der Waals surface area contributed by atoms with Crippen molar-refractivity contribution in [2.75, 3.05) is 31.4 Å². The molecule has 0 radical (unpaired) electrons. The largest absolute Gasteiger partial charge is 0.495 e. The van der Waals surface area contributed by atoms with Crippen molar-refractivity contribution in [3.63, 3.8) is 0 Å². The van der Waals surface area contributed by atoms with E-state index in [1.807, 2.05) is 66.8 Å². The van der Waals surface area contributed by atoms with Gasteiger partial charge in [-0.15, -0.1) is 0 Å². The second-order valence-electron chi connectivity index (χ2n) is 9.15. The molecule has 2 atom stereocenters. The van der Waals surface area contributed by atoms with E-state index >= 15 is 0 Å². The van der Waals surface area contributed by atoms with Crippen LogP contribution in [0.4, 0.5) is 5.82 Å². The number of nitrogens with zero attached hydrogens (tertiary/aromatic N) is 5. The number of piperazine rings is 1. The van der Waals surface area contributed by atoms with Gasteiger partial charge in [0.1, 0.15) is 11.6 Å². The Balaban J connectivity index is 1.49. The number of methoxy groups -OCH3 is 1. The lowest BCUT2D eigenvalue weighted by atomic mass is 9.98. The predicted molar refractivity (Wildman–Crippen MR) is 148 cm³/mol. The minimum atomic E-state index is 0.459. The van der Waals surface area contributed by atoms with Gasteiger partial charge in [0, 0.05) is 59.6 Å². The molecule has 182 valence electrons. The number of benzene rings is 2. The summed E-state index contributed by atoms with van der Waals surface area (Å²) in [4.78, 5) is 12.0. The molecule has 0 N–H and O–H groups in total. The van der Waals surface area contributed by atoms with Crippen LogP contribution < -0.4 is 9.64 Å². The maximum absolute atomic E-state index is 9.12. The van der Waals surface area contributed by atoms with Crippen LogP contribution in [0.15, 0.2) is 67.0 Å². The van der Waals surface area contributed by atoms with Crippen molar-refractivity contribution >= 4 is 28.7 Å². The summed E-state index contributed by atoms with van der Waals surface area (Å²) in [5.41, 5.74) is 5.40. The number of pyridine rings is 2. The van der Waals surface area contributed by atoms with Gasteiger partial charge < -0.3 is 9.64 Å². The van der Waals surface area contributed by atoms with Crippen LogP contribution in [0.3, 0.4) is 0 Å². The maximum Gasteiger partial charge on any atom is 0.137 e. The van der Waals surface area contributed by atoms with E-state index in [1.165, 1.54) is 0 Å². The highest BCUT2D eigenvalue weighted by Gasteiger charge is 2.29. The van der Waals surface area contributed by atoms with Crippen LogP contribution in [0.1, 0.15) is 19.4 Å². The third kappa shape index (κ3) is 4.39. The second-order valence-corrected chi connectivity index (χ2v) is 9.93. The molecule has 6 nitrogen and oxygen atoms in total. The first kappa shape index (κ1) is 24.1. The first-order chi connectivity index (χ1) is 17.5. The lowest BCUT2D eigenvalue weighted by Gasteiger charge is -2.43. The minimum absolute atomic E-state index is 0.459. The highest BCUT2D eigenvalue weighted by molar-refractivity contribution is 7.96. The Morgan fingerprint density at radius 2 is 1.64 bits per heavy atom. The molecule has 7 heteroatoms. The van der Waals surface area contributed by atoms with Crippen LogP contribution in [0, 0.1) is 11.3 Å². The molecule has 36 heavy (non-hydrogen) atoms. The van der Waals surface area contributed by atoms with Gasteiger partial charge in [-0.3, -0.25) is 4.98 Å². The van der Waals surface area contributed by atoms with E-state index in [0.717, 1.165) is 57.8 Å². The Labute approximate surface area is 216 Å². The summed E-state index contributed by atoms with van der Waals surface area (Å²) in [7, 11) is 1.70. The van der Waals surface area contributed by atoms with Gasteiger partial charge in [-0.25, -0.2) is 9.29 Å². The molecule has 0 bridgehead atoms. The summed E-state index contributed by atoms with van der Waals surface area (Å²) >= 11 is 1.82. The highest BCUT2D eigenvalue weighted by atomic mass is 32.2. The summed E-state index contributed by atoms with van der Waals surface area (Å²) < 4.78 is 8.37. The quantitative estimate of drug-likeness (QED) is 0.314. The number of para-hydroxylation sites is 1. The van der Waals surface area contributed by atoms with E-state index in [2.05, 4.69) is 47.5 Å². The molecule has 1 aliphatic heterocycles. The Morgan fingerprint density at radius 3 is 2.25 bits per heavy atom. The summed E-state index contributed by atoms with van der Waals surface area (Å²) in [5, 5.41) is 10.1. The SMILES string of the molecule is COc1c(-c2ccc(N3CC(C)N(SC)C(C)C3)nc2)cnc2c(-c3ccc(C#N)cc3)cccc12. The molecular formula is C29H29N5OS. The average molecular weight is 496 g/mol. The van der Waals surface area contributed by atoms with Crippen molar-refractivity contribution in [1.82, 2.24) is 14.3 Å². The van der Waals surface area contributed by atoms with Gasteiger partial charge in [-0.05, 0) is 56.0 Å². The van der Waals surface area contributed by atoms with E-state index in [1.54, 1.807) is 7.11 Å². The maximum atomic E-state index is 9.12. The monoisotopic (exact) mass is 495 g/mol. The van der Waals surface area contributed by atoms with Crippen molar-refractivity contribution in [1.29, 1.82) is 5.26 Å². The summed E-state index contributed by atoms with van der Waals surface area (Å²) in [6.45, 7) is 6.45. The molecule has 3 heterocycles. The van der Waals surface area contributed by atoms with Gasteiger partial charge >= 0.3 is 0 Å². The molecule has 4 aromatic rings. The first-order valence-electron chi connectivity index (χ1n) is 12.0. The van der Waals surface area contributed by atoms with Crippen molar-refractivity contribution < 1.29 is 4.74 Å². The zero-order valence-electron chi connectivity index (χ0n) is 21.0. The number of aromatic nitrogens is 2. The molecule has 1 saturated heterocycles. The van der Waals surface area contributed by atoms with Crippen molar-refractivity contribution in [2.24, 2.45) is 0 Å². The molecule has 0 aliphatic carbocycles. The molecule has 0 saturated carbocycles. The van der Waals surface area contributed by atoms with Crippen LogP contribution in [0.5, 0.6) is 5.75 Å². The molecular weight excluding hydrogens is 466 g/mol. The number of rotatable bonds is 5. The van der Waals surface area contributed by atoms with E-state index in [0.29, 0.717) is 17.6 Å². The zero-order chi connectivity index (χ0) is 25.2. The fourth-order valence-corrected chi connectivity index (χ4v) is 6.02. The predicted octanol–water partition coefficient (Wildman–Crippen LogP) is 6.02. The van der Waals surface area contributed by atoms with Crippen LogP contribution in [-0.2, 0) is 0 Å². The van der Waals surface area contributed by atoms with Gasteiger partial charge in [0.2, 0.25) is 0 Å². The lowest BCUT2D eigenvalue weighted by molar-refractivity contribution is 0.264. The van der Waals surface area contributed by atoms with Gasteiger partial charge in [-0.2, -0.15) is 5.26 Å². The summed E-state index contributed by atoms with van der Waals surface area (Å²) in [6.07, 6.45) is 5.93. The van der Waals surface area contributed by atoms with E-state index in [9.17, 15) is 0 Å². The standard InChI is InChI=1S/C29H29N5OS/c1-19-17-33(18-20(2)34(19)36-4)27-13-12-23(15-31-27)26-16-32-28-24(6-5-7-25(28)29(26)35-3)22-10-8-21(14-30)9-11-22/h5-13,15-16,19-20H,17-18H2,1-4H3. The van der Waals surface area contributed by atoms with Gasteiger partial charge in [0.15, 0.2) is 0 Å². The Morgan fingerprint density at radius 1 is 0.917 bits per heavy atom. The molecule has 5 rings (SSSR count). The average Bonchev–Trinajstić information content (AvgIpc) is 2.92. The van der Waals surface area contributed by atoms with Crippen molar-refractivity contribution in [2.45, 2.75) is 25.9 Å². The highest BCUT2D eigenvalue weighted by Crippen LogP contribution is 2.39. The molecule has 1 fully saturated rings. The topological polar surface area (TPSA) is 65.3 Å². The Hall–Kier alpha value is -3.60. The Bertz CT molecular complexity index is 1400. The minimum Gasteiger partial charge on any atom is -0.495 e. The number of hydrogen-bond donors (Lipinski definition) is 0. The molecule has 1 aliphatic rings. The van der Waals surface area contributed by atoms with Crippen molar-refractivity contribution in [3.05, 3.63) is 72.6 Å². The molecule has 2 aromatic carbocycles. The number of anilines is 1. The fourth-order valence-electron chi connectivity index (χ4n) is 5.17. The van der Waals surface area contributed by atoms with Crippen LogP contribution in [0.25, 0.3) is 33.2 Å². The van der Waals surface area contributed by atoms with Crippen molar-refractivity contribution in [3.8, 4) is 34.1 Å². The van der Waals surface area contributed by atoms with Crippen LogP contribution in [0.2, 0.25) is 0 Å². The number of hydrogen-bond acceptors (Lipinski definition) is 7. The molecule has 2 unspecified atom stereocenters. The van der Waals surface area contributed by atoms with Crippen LogP contribution in [-0.4, -0.2) is 52.8 Å². The molecule has 0 spiro atoms. The number of ether oxygens (including phenoxy) is 1. The fraction of sp³-hybridized carbons (Fsp3) is 0.276. The van der Waals surface area contributed by atoms with E-state index in [-0.39, 0.29) is 0 Å². The van der Waals surface area contributed by atoms with Crippen LogP contribution >= 0.6 is 11.9 Å². The number of nitriles is 1.